The number of carbonyl (C=O) groups excluding carboxylic acids is 1. The lowest BCUT2D eigenvalue weighted by molar-refractivity contribution is 0.171. The average Bonchev–Trinajstić information content (AvgIpc) is 2.36. The zero-order valence-electron chi connectivity index (χ0n) is 12.1. The van der Waals surface area contributed by atoms with Gasteiger partial charge in [-0.05, 0) is 31.0 Å². The van der Waals surface area contributed by atoms with Crippen LogP contribution in [-0.2, 0) is 14.8 Å². The number of amides is 1. The zero-order valence-corrected chi connectivity index (χ0v) is 13.0. The second kappa shape index (κ2) is 6.60. The van der Waals surface area contributed by atoms with Gasteiger partial charge in [0.1, 0.15) is 0 Å². The van der Waals surface area contributed by atoms with Gasteiger partial charge in [0, 0.05) is 6.54 Å². The van der Waals surface area contributed by atoms with Crippen LogP contribution in [0.2, 0.25) is 0 Å². The van der Waals surface area contributed by atoms with Crippen LogP contribution in [0.25, 0.3) is 0 Å². The van der Waals surface area contributed by atoms with Crippen molar-refractivity contribution < 1.29 is 17.9 Å². The first-order valence-electron chi connectivity index (χ1n) is 6.12. The molecule has 1 amide bonds. The number of hydrogen-bond acceptors (Lipinski definition) is 4. The van der Waals surface area contributed by atoms with E-state index in [0.29, 0.717) is 5.69 Å². The highest BCUT2D eigenvalue weighted by molar-refractivity contribution is 7.92. The van der Waals surface area contributed by atoms with Crippen LogP contribution < -0.4 is 9.62 Å². The molecular formula is C13H20N2O4S. The fraction of sp³-hybridized carbons (Fsp3) is 0.462. The third-order valence-corrected chi connectivity index (χ3v) is 3.98. The van der Waals surface area contributed by atoms with Gasteiger partial charge in [0.15, 0.2) is 0 Å². The molecule has 1 aromatic rings. The third-order valence-electron chi connectivity index (χ3n) is 2.80. The molecule has 6 nitrogen and oxygen atoms in total. The quantitative estimate of drug-likeness (QED) is 0.892. The summed E-state index contributed by atoms with van der Waals surface area (Å²) in [6, 6.07) is 5.61. The molecule has 0 aliphatic heterocycles. The summed E-state index contributed by atoms with van der Waals surface area (Å²) in [5.74, 6) is 0. The van der Waals surface area contributed by atoms with Crippen LogP contribution in [0, 0.1) is 13.8 Å². The number of methoxy groups -OCH3 is 1. The third kappa shape index (κ3) is 4.41. The SMILES string of the molecule is COC(=O)NCCN(c1cc(C)ccc1C)S(C)(=O)=O. The van der Waals surface area contributed by atoms with Crippen LogP contribution in [0.5, 0.6) is 0 Å². The van der Waals surface area contributed by atoms with Crippen molar-refractivity contribution in [2.24, 2.45) is 0 Å². The molecule has 0 heterocycles. The largest absolute Gasteiger partial charge is 0.453 e. The fourth-order valence-corrected chi connectivity index (χ4v) is 2.76. The summed E-state index contributed by atoms with van der Waals surface area (Å²) in [6.07, 6.45) is 0.562. The molecule has 0 saturated carbocycles. The molecule has 0 aromatic heterocycles. The van der Waals surface area contributed by atoms with Crippen LogP contribution in [-0.4, -0.2) is 41.0 Å². The molecule has 0 aliphatic rings. The molecule has 20 heavy (non-hydrogen) atoms. The number of sulfonamides is 1. The lowest BCUT2D eigenvalue weighted by atomic mass is 10.1. The van der Waals surface area contributed by atoms with Gasteiger partial charge in [-0.1, -0.05) is 12.1 Å². The van der Waals surface area contributed by atoms with Crippen molar-refractivity contribution >= 4 is 21.8 Å². The van der Waals surface area contributed by atoms with Crippen molar-refractivity contribution in [1.29, 1.82) is 0 Å². The van der Waals surface area contributed by atoms with Crippen molar-refractivity contribution in [3.63, 3.8) is 0 Å². The molecule has 0 atom stereocenters. The standard InChI is InChI=1S/C13H20N2O4S/c1-10-5-6-11(2)12(9-10)15(20(4,17)18)8-7-14-13(16)19-3/h5-6,9H,7-8H2,1-4H3,(H,14,16). The maximum absolute atomic E-state index is 11.9. The van der Waals surface area contributed by atoms with Crippen LogP contribution in [0.1, 0.15) is 11.1 Å². The Morgan fingerprint density at radius 3 is 2.55 bits per heavy atom. The summed E-state index contributed by atoms with van der Waals surface area (Å²) in [7, 11) is -2.16. The molecule has 0 saturated heterocycles. The number of ether oxygens (including phenoxy) is 1. The summed E-state index contributed by atoms with van der Waals surface area (Å²) >= 11 is 0. The summed E-state index contributed by atoms with van der Waals surface area (Å²) in [6.45, 7) is 4.07. The second-order valence-electron chi connectivity index (χ2n) is 4.54. The number of nitrogens with one attached hydrogen (secondary N) is 1. The number of alkyl carbamates (subject to hydrolysis) is 1. The number of aryl methyl sites for hydroxylation is 2. The Bertz CT molecular complexity index is 584. The summed E-state index contributed by atoms with van der Waals surface area (Å²) in [4.78, 5) is 11.0. The molecule has 0 bridgehead atoms. The van der Waals surface area contributed by atoms with E-state index < -0.39 is 16.1 Å². The molecule has 1 rings (SSSR count). The van der Waals surface area contributed by atoms with E-state index in [2.05, 4.69) is 10.1 Å². The first-order chi connectivity index (χ1) is 9.25. The number of hydrogen-bond donors (Lipinski definition) is 1. The Hall–Kier alpha value is -1.76. The molecule has 112 valence electrons. The van der Waals surface area contributed by atoms with Gasteiger partial charge in [-0.25, -0.2) is 13.2 Å². The monoisotopic (exact) mass is 300 g/mol. The Labute approximate surface area is 119 Å². The number of nitrogens with zero attached hydrogens (tertiary/aromatic N) is 1. The molecule has 0 spiro atoms. The predicted molar refractivity (Wildman–Crippen MR) is 78.5 cm³/mol. The van der Waals surface area contributed by atoms with Gasteiger partial charge in [0.2, 0.25) is 10.0 Å². The summed E-state index contributed by atoms with van der Waals surface area (Å²) in [5.41, 5.74) is 2.46. The molecular weight excluding hydrogens is 280 g/mol. The normalized spacial score (nSPS) is 11.0. The molecule has 0 radical (unpaired) electrons. The number of benzene rings is 1. The zero-order chi connectivity index (χ0) is 15.3. The summed E-state index contributed by atoms with van der Waals surface area (Å²) in [5, 5.41) is 2.47. The van der Waals surface area contributed by atoms with Crippen molar-refractivity contribution in [1.82, 2.24) is 5.32 Å². The van der Waals surface area contributed by atoms with E-state index in [1.54, 1.807) is 0 Å². The van der Waals surface area contributed by atoms with E-state index in [1.165, 1.54) is 11.4 Å². The molecule has 0 unspecified atom stereocenters. The van der Waals surface area contributed by atoms with Gasteiger partial charge >= 0.3 is 6.09 Å². The smallest absolute Gasteiger partial charge is 0.406 e. The van der Waals surface area contributed by atoms with E-state index >= 15 is 0 Å². The van der Waals surface area contributed by atoms with Gasteiger partial charge in [-0.2, -0.15) is 0 Å². The first-order valence-corrected chi connectivity index (χ1v) is 7.97. The van der Waals surface area contributed by atoms with Gasteiger partial charge in [-0.3, -0.25) is 4.31 Å². The van der Waals surface area contributed by atoms with Crippen molar-refractivity contribution in [3.8, 4) is 0 Å². The Morgan fingerprint density at radius 1 is 1.35 bits per heavy atom. The van der Waals surface area contributed by atoms with Crippen LogP contribution >= 0.6 is 0 Å². The van der Waals surface area contributed by atoms with Crippen LogP contribution in [0.4, 0.5) is 10.5 Å². The van der Waals surface area contributed by atoms with E-state index in [9.17, 15) is 13.2 Å². The van der Waals surface area contributed by atoms with E-state index in [0.717, 1.165) is 17.4 Å². The minimum Gasteiger partial charge on any atom is -0.453 e. The van der Waals surface area contributed by atoms with Crippen molar-refractivity contribution in [2.75, 3.05) is 30.8 Å². The van der Waals surface area contributed by atoms with Gasteiger partial charge < -0.3 is 10.1 Å². The van der Waals surface area contributed by atoms with Gasteiger partial charge in [-0.15, -0.1) is 0 Å². The highest BCUT2D eigenvalue weighted by Crippen LogP contribution is 2.23. The molecule has 7 heteroatoms. The average molecular weight is 300 g/mol. The lowest BCUT2D eigenvalue weighted by Gasteiger charge is -2.24. The minimum absolute atomic E-state index is 0.151. The fourth-order valence-electron chi connectivity index (χ4n) is 1.78. The Balaban J connectivity index is 2.96. The van der Waals surface area contributed by atoms with E-state index in [4.69, 9.17) is 0 Å². The second-order valence-corrected chi connectivity index (χ2v) is 6.45. The van der Waals surface area contributed by atoms with E-state index in [1.807, 2.05) is 32.0 Å². The minimum atomic E-state index is -3.42. The molecule has 1 aromatic carbocycles. The first kappa shape index (κ1) is 16.3. The lowest BCUT2D eigenvalue weighted by Crippen LogP contribution is -2.38. The number of rotatable bonds is 5. The van der Waals surface area contributed by atoms with Crippen LogP contribution in [0.15, 0.2) is 18.2 Å². The Kier molecular flexibility index (Phi) is 5.38. The topological polar surface area (TPSA) is 75.7 Å². The predicted octanol–water partition coefficient (Wildman–Crippen LogP) is 1.43. The van der Waals surface area contributed by atoms with Crippen molar-refractivity contribution in [2.45, 2.75) is 13.8 Å². The summed E-state index contributed by atoms with van der Waals surface area (Å²) < 4.78 is 29.6. The highest BCUT2D eigenvalue weighted by Gasteiger charge is 2.19. The number of carbonyl (C=O) groups is 1. The molecule has 0 aliphatic carbocycles. The highest BCUT2D eigenvalue weighted by atomic mass is 32.2. The molecule has 0 fully saturated rings. The molecule has 1 N–H and O–H groups in total. The maximum Gasteiger partial charge on any atom is 0.406 e. The maximum atomic E-state index is 11.9. The van der Waals surface area contributed by atoms with Crippen molar-refractivity contribution in [3.05, 3.63) is 29.3 Å². The van der Waals surface area contributed by atoms with E-state index in [-0.39, 0.29) is 13.1 Å². The van der Waals surface area contributed by atoms with Gasteiger partial charge in [0.05, 0.1) is 25.6 Å². The number of anilines is 1. The van der Waals surface area contributed by atoms with Crippen LogP contribution in [0.3, 0.4) is 0 Å². The van der Waals surface area contributed by atoms with Gasteiger partial charge in [0.25, 0.3) is 0 Å². The Morgan fingerprint density at radius 2 is 2.00 bits per heavy atom.